The number of hydrogen-bond donors (Lipinski definition) is 2. The van der Waals surface area contributed by atoms with E-state index in [1.807, 2.05) is 0 Å². The van der Waals surface area contributed by atoms with Crippen LogP contribution in [0.5, 0.6) is 0 Å². The molecule has 1 rings (SSSR count). The predicted molar refractivity (Wildman–Crippen MR) is 72.8 cm³/mol. The molecule has 0 heterocycles. The Morgan fingerprint density at radius 1 is 1.32 bits per heavy atom. The van der Waals surface area contributed by atoms with E-state index in [1.54, 1.807) is 6.92 Å². The van der Waals surface area contributed by atoms with Gasteiger partial charge in [0.15, 0.2) is 9.84 Å². The maximum Gasteiger partial charge on any atom is 0.251 e. The normalized spacial score (nSPS) is 13.0. The Bertz CT molecular complexity index is 520. The number of benzene rings is 1. The van der Waals surface area contributed by atoms with Crippen molar-refractivity contribution in [1.29, 1.82) is 0 Å². The summed E-state index contributed by atoms with van der Waals surface area (Å²) in [5.41, 5.74) is 0.421. The van der Waals surface area contributed by atoms with Crippen LogP contribution in [0.1, 0.15) is 30.1 Å². The van der Waals surface area contributed by atoms with Crippen LogP contribution in [0.2, 0.25) is 0 Å². The number of carbonyl (C=O) groups excluding carboxylic acids is 1. The highest BCUT2D eigenvalue weighted by Crippen LogP contribution is 2.10. The molecule has 0 saturated heterocycles. The third-order valence-electron chi connectivity index (χ3n) is 2.63. The summed E-state index contributed by atoms with van der Waals surface area (Å²) in [5, 5.41) is 11.8. The van der Waals surface area contributed by atoms with Gasteiger partial charge in [0.05, 0.1) is 11.0 Å². The van der Waals surface area contributed by atoms with Gasteiger partial charge < -0.3 is 10.4 Å². The molecule has 1 atom stereocenters. The SMILES string of the molecule is CC(O)CCCNC(=O)c1ccc(S(C)(=O)=O)cc1. The summed E-state index contributed by atoms with van der Waals surface area (Å²) in [7, 11) is -3.24. The maximum absolute atomic E-state index is 11.7. The van der Waals surface area contributed by atoms with Crippen LogP contribution in [0.3, 0.4) is 0 Å². The van der Waals surface area contributed by atoms with E-state index in [0.717, 1.165) is 6.26 Å². The van der Waals surface area contributed by atoms with E-state index in [1.165, 1.54) is 24.3 Å². The van der Waals surface area contributed by atoms with Crippen LogP contribution >= 0.6 is 0 Å². The molecule has 6 heteroatoms. The molecule has 0 aromatic heterocycles. The number of hydrogen-bond acceptors (Lipinski definition) is 4. The molecule has 0 radical (unpaired) electrons. The van der Waals surface area contributed by atoms with Gasteiger partial charge in [0.25, 0.3) is 5.91 Å². The molecule has 2 N–H and O–H groups in total. The molecule has 1 aromatic carbocycles. The zero-order valence-electron chi connectivity index (χ0n) is 11.1. The van der Waals surface area contributed by atoms with Gasteiger partial charge >= 0.3 is 0 Å². The number of aliphatic hydroxyl groups is 1. The average molecular weight is 285 g/mol. The Kier molecular flexibility index (Phi) is 5.50. The van der Waals surface area contributed by atoms with Crippen LogP contribution in [0.15, 0.2) is 29.2 Å². The Morgan fingerprint density at radius 2 is 1.89 bits per heavy atom. The lowest BCUT2D eigenvalue weighted by Crippen LogP contribution is -2.25. The van der Waals surface area contributed by atoms with E-state index >= 15 is 0 Å². The van der Waals surface area contributed by atoms with Crippen molar-refractivity contribution in [2.45, 2.75) is 30.8 Å². The average Bonchev–Trinajstić information content (AvgIpc) is 2.33. The maximum atomic E-state index is 11.7. The lowest BCUT2D eigenvalue weighted by Gasteiger charge is -2.07. The van der Waals surface area contributed by atoms with Crippen LogP contribution in [0.4, 0.5) is 0 Å². The molecule has 19 heavy (non-hydrogen) atoms. The van der Waals surface area contributed by atoms with Crippen LogP contribution in [0, 0.1) is 0 Å². The largest absolute Gasteiger partial charge is 0.393 e. The first-order valence-corrected chi connectivity index (χ1v) is 7.96. The van der Waals surface area contributed by atoms with E-state index < -0.39 is 9.84 Å². The molecule has 0 fully saturated rings. The zero-order chi connectivity index (χ0) is 14.5. The predicted octanol–water partition coefficient (Wildman–Crippen LogP) is 0.981. The molecule has 0 spiro atoms. The lowest BCUT2D eigenvalue weighted by molar-refractivity contribution is 0.0949. The molecule has 1 aromatic rings. The summed E-state index contributed by atoms with van der Waals surface area (Å²) in [6.45, 7) is 2.18. The first kappa shape index (κ1) is 15.7. The van der Waals surface area contributed by atoms with Crippen molar-refractivity contribution in [1.82, 2.24) is 5.32 Å². The van der Waals surface area contributed by atoms with E-state index in [0.29, 0.717) is 24.9 Å². The first-order chi connectivity index (χ1) is 8.80. The molecule has 1 amide bonds. The molecular formula is C13H19NO4S. The molecular weight excluding hydrogens is 266 g/mol. The molecule has 1 unspecified atom stereocenters. The third kappa shape index (κ3) is 5.40. The Hall–Kier alpha value is -1.40. The number of nitrogens with one attached hydrogen (secondary N) is 1. The highest BCUT2D eigenvalue weighted by Gasteiger charge is 2.09. The van der Waals surface area contributed by atoms with E-state index in [2.05, 4.69) is 5.32 Å². The molecule has 0 bridgehead atoms. The number of sulfone groups is 1. The van der Waals surface area contributed by atoms with E-state index in [4.69, 9.17) is 5.11 Å². The minimum atomic E-state index is -3.24. The number of rotatable bonds is 6. The summed E-state index contributed by atoms with van der Waals surface area (Å²) in [4.78, 5) is 11.9. The Balaban J connectivity index is 2.54. The standard InChI is InChI=1S/C13H19NO4S/c1-10(15)4-3-9-14-13(16)11-5-7-12(8-6-11)19(2,17)18/h5-8,10,15H,3-4,9H2,1-2H3,(H,14,16). The minimum Gasteiger partial charge on any atom is -0.393 e. The van der Waals surface area contributed by atoms with Crippen molar-refractivity contribution < 1.29 is 18.3 Å². The molecule has 0 aliphatic heterocycles. The summed E-state index contributed by atoms with van der Waals surface area (Å²) < 4.78 is 22.5. The lowest BCUT2D eigenvalue weighted by atomic mass is 10.2. The molecule has 5 nitrogen and oxygen atoms in total. The van der Waals surface area contributed by atoms with E-state index in [9.17, 15) is 13.2 Å². The van der Waals surface area contributed by atoms with Crippen molar-refractivity contribution in [2.75, 3.05) is 12.8 Å². The van der Waals surface area contributed by atoms with Crippen LogP contribution in [-0.4, -0.2) is 38.3 Å². The molecule has 0 aliphatic carbocycles. The second kappa shape index (κ2) is 6.68. The fraction of sp³-hybridized carbons (Fsp3) is 0.462. The Labute approximate surface area is 113 Å². The Morgan fingerprint density at radius 3 is 2.37 bits per heavy atom. The van der Waals surface area contributed by atoms with Crippen molar-refractivity contribution in [3.63, 3.8) is 0 Å². The zero-order valence-corrected chi connectivity index (χ0v) is 11.9. The van der Waals surface area contributed by atoms with Crippen LogP contribution in [-0.2, 0) is 9.84 Å². The molecule has 106 valence electrons. The van der Waals surface area contributed by atoms with Crippen molar-refractivity contribution >= 4 is 15.7 Å². The summed E-state index contributed by atoms with van der Waals surface area (Å²) >= 11 is 0. The van der Waals surface area contributed by atoms with Crippen LogP contribution in [0.25, 0.3) is 0 Å². The topological polar surface area (TPSA) is 83.5 Å². The number of amides is 1. The second-order valence-electron chi connectivity index (χ2n) is 4.54. The third-order valence-corrected chi connectivity index (χ3v) is 3.76. The first-order valence-electron chi connectivity index (χ1n) is 6.07. The fourth-order valence-electron chi connectivity index (χ4n) is 1.55. The van der Waals surface area contributed by atoms with Gasteiger partial charge in [-0.15, -0.1) is 0 Å². The molecule has 0 aliphatic rings. The number of carbonyl (C=O) groups is 1. The van der Waals surface area contributed by atoms with Gasteiger partial charge in [0.2, 0.25) is 0 Å². The fourth-order valence-corrected chi connectivity index (χ4v) is 2.19. The highest BCUT2D eigenvalue weighted by atomic mass is 32.2. The van der Waals surface area contributed by atoms with Gasteiger partial charge in [-0.2, -0.15) is 0 Å². The van der Waals surface area contributed by atoms with Crippen LogP contribution < -0.4 is 5.32 Å². The highest BCUT2D eigenvalue weighted by molar-refractivity contribution is 7.90. The van der Waals surface area contributed by atoms with Crippen molar-refractivity contribution in [3.05, 3.63) is 29.8 Å². The van der Waals surface area contributed by atoms with Gasteiger partial charge in [-0.3, -0.25) is 4.79 Å². The summed E-state index contributed by atoms with van der Waals surface area (Å²) in [6, 6.07) is 5.81. The van der Waals surface area contributed by atoms with Crippen molar-refractivity contribution in [2.24, 2.45) is 0 Å². The van der Waals surface area contributed by atoms with Gasteiger partial charge in [0.1, 0.15) is 0 Å². The second-order valence-corrected chi connectivity index (χ2v) is 6.56. The van der Waals surface area contributed by atoms with Gasteiger partial charge in [0, 0.05) is 18.4 Å². The molecule has 0 saturated carbocycles. The van der Waals surface area contributed by atoms with Gasteiger partial charge in [-0.05, 0) is 44.0 Å². The van der Waals surface area contributed by atoms with Crippen molar-refractivity contribution in [3.8, 4) is 0 Å². The minimum absolute atomic E-state index is 0.193. The summed E-state index contributed by atoms with van der Waals surface area (Å²) in [5.74, 6) is -0.245. The quantitative estimate of drug-likeness (QED) is 0.763. The van der Waals surface area contributed by atoms with Gasteiger partial charge in [-0.1, -0.05) is 0 Å². The van der Waals surface area contributed by atoms with Gasteiger partial charge in [-0.25, -0.2) is 8.42 Å². The number of aliphatic hydroxyl groups excluding tert-OH is 1. The van der Waals surface area contributed by atoms with E-state index in [-0.39, 0.29) is 16.9 Å². The summed E-state index contributed by atoms with van der Waals surface area (Å²) in [6.07, 6.45) is 2.09. The smallest absolute Gasteiger partial charge is 0.251 e. The monoisotopic (exact) mass is 285 g/mol.